The Bertz CT molecular complexity index is 719. The van der Waals surface area contributed by atoms with Crippen LogP contribution >= 0.6 is 11.8 Å². The Kier molecular flexibility index (Phi) is 4.28. The van der Waals surface area contributed by atoms with Gasteiger partial charge in [0, 0.05) is 5.92 Å². The molecule has 0 radical (unpaired) electrons. The van der Waals surface area contributed by atoms with Crippen molar-refractivity contribution in [1.82, 2.24) is 24.9 Å². The van der Waals surface area contributed by atoms with Crippen LogP contribution in [0.1, 0.15) is 49.4 Å². The molecule has 0 spiro atoms. The number of hydrogen-bond donors (Lipinski definition) is 0. The van der Waals surface area contributed by atoms with E-state index >= 15 is 0 Å². The van der Waals surface area contributed by atoms with Gasteiger partial charge in [-0.05, 0) is 19.1 Å². The third-order valence-corrected chi connectivity index (χ3v) is 4.17. The first kappa shape index (κ1) is 14.8. The first-order chi connectivity index (χ1) is 10.6. The topological polar surface area (TPSA) is 82.8 Å². The summed E-state index contributed by atoms with van der Waals surface area (Å²) in [6.45, 7) is 6.67. The van der Waals surface area contributed by atoms with Gasteiger partial charge in [0.05, 0.1) is 18.1 Å². The van der Waals surface area contributed by atoms with Crippen LogP contribution in [-0.2, 0) is 6.54 Å². The van der Waals surface area contributed by atoms with E-state index in [1.54, 1.807) is 12.6 Å². The highest BCUT2D eigenvalue weighted by molar-refractivity contribution is 7.99. The molecular weight excluding hydrogens is 302 g/mol. The molecule has 0 fully saturated rings. The summed E-state index contributed by atoms with van der Waals surface area (Å²) >= 11 is 1.53. The summed E-state index contributed by atoms with van der Waals surface area (Å²) in [6, 6.07) is 3.78. The summed E-state index contributed by atoms with van der Waals surface area (Å²) in [7, 11) is 0. The van der Waals surface area contributed by atoms with Gasteiger partial charge in [0.1, 0.15) is 12.1 Å². The first-order valence-corrected chi connectivity index (χ1v) is 7.91. The van der Waals surface area contributed by atoms with E-state index in [1.165, 1.54) is 11.8 Å². The third kappa shape index (κ3) is 3.22. The molecule has 1 atom stereocenters. The molecule has 0 saturated heterocycles. The maximum atomic E-state index is 5.35. The van der Waals surface area contributed by atoms with E-state index in [0.717, 1.165) is 16.7 Å². The molecule has 3 heterocycles. The van der Waals surface area contributed by atoms with Crippen molar-refractivity contribution >= 4 is 11.8 Å². The predicted molar refractivity (Wildman–Crippen MR) is 80.5 cm³/mol. The lowest BCUT2D eigenvalue weighted by molar-refractivity contribution is 0.372. The highest BCUT2D eigenvalue weighted by atomic mass is 32.2. The largest absolute Gasteiger partial charge is 0.467 e. The van der Waals surface area contributed by atoms with Crippen molar-refractivity contribution in [3.63, 3.8) is 0 Å². The zero-order valence-electron chi connectivity index (χ0n) is 12.6. The lowest BCUT2D eigenvalue weighted by Gasteiger charge is -2.07. The molecule has 0 bridgehead atoms. The van der Waals surface area contributed by atoms with E-state index in [-0.39, 0.29) is 11.2 Å². The number of nitrogens with zero attached hydrogens (tertiary/aromatic N) is 5. The van der Waals surface area contributed by atoms with Gasteiger partial charge >= 0.3 is 0 Å². The molecule has 0 aliphatic rings. The van der Waals surface area contributed by atoms with Gasteiger partial charge in [-0.2, -0.15) is 4.98 Å². The molecule has 3 rings (SSSR count). The lowest BCUT2D eigenvalue weighted by atomic mass is 10.2. The van der Waals surface area contributed by atoms with Crippen LogP contribution < -0.4 is 0 Å². The number of rotatable bonds is 6. The molecule has 8 heteroatoms. The number of thioether (sulfide) groups is 1. The first-order valence-electron chi connectivity index (χ1n) is 7.04. The van der Waals surface area contributed by atoms with Crippen LogP contribution in [-0.4, -0.2) is 24.9 Å². The Morgan fingerprint density at radius 2 is 2.18 bits per heavy atom. The van der Waals surface area contributed by atoms with Crippen LogP contribution in [0.2, 0.25) is 0 Å². The molecule has 116 valence electrons. The van der Waals surface area contributed by atoms with Crippen molar-refractivity contribution in [2.24, 2.45) is 0 Å². The number of aromatic nitrogens is 5. The van der Waals surface area contributed by atoms with Gasteiger partial charge in [-0.15, -0.1) is 10.2 Å². The molecule has 0 aliphatic heterocycles. The standard InChI is InChI=1S/C14H17N5O2S/c1-9(2)12-16-13(21-18-12)10(3)22-14-17-15-8-19(14)7-11-5-4-6-20-11/h4-6,8-10H,7H2,1-3H3/t10-/m0/s1. The summed E-state index contributed by atoms with van der Waals surface area (Å²) < 4.78 is 12.6. The number of furan rings is 1. The second-order valence-corrected chi connectivity index (χ2v) is 6.53. The van der Waals surface area contributed by atoms with Crippen LogP contribution in [0, 0.1) is 0 Å². The van der Waals surface area contributed by atoms with Gasteiger partial charge < -0.3 is 13.5 Å². The second-order valence-electron chi connectivity index (χ2n) is 5.23. The number of hydrogen-bond acceptors (Lipinski definition) is 7. The van der Waals surface area contributed by atoms with E-state index in [2.05, 4.69) is 20.3 Å². The molecule has 3 aromatic heterocycles. The van der Waals surface area contributed by atoms with Gasteiger partial charge in [-0.25, -0.2) is 0 Å². The van der Waals surface area contributed by atoms with Crippen molar-refractivity contribution in [3.8, 4) is 0 Å². The highest BCUT2D eigenvalue weighted by Gasteiger charge is 2.19. The molecule has 0 amide bonds. The van der Waals surface area contributed by atoms with Gasteiger partial charge in [0.15, 0.2) is 11.0 Å². The molecule has 0 N–H and O–H groups in total. The van der Waals surface area contributed by atoms with E-state index in [1.807, 2.05) is 37.5 Å². The Hall–Kier alpha value is -2.09. The van der Waals surface area contributed by atoms with Gasteiger partial charge in [-0.3, -0.25) is 0 Å². The predicted octanol–water partition coefficient (Wildman–Crippen LogP) is 3.28. The normalized spacial score (nSPS) is 12.9. The maximum Gasteiger partial charge on any atom is 0.239 e. The van der Waals surface area contributed by atoms with Gasteiger partial charge in [0.2, 0.25) is 5.89 Å². The third-order valence-electron chi connectivity index (χ3n) is 3.09. The smallest absolute Gasteiger partial charge is 0.239 e. The molecular formula is C14H17N5O2S. The molecule has 0 saturated carbocycles. The van der Waals surface area contributed by atoms with Crippen LogP contribution in [0.3, 0.4) is 0 Å². The lowest BCUT2D eigenvalue weighted by Crippen LogP contribution is -2.01. The van der Waals surface area contributed by atoms with E-state index in [0.29, 0.717) is 12.4 Å². The van der Waals surface area contributed by atoms with Crippen LogP contribution in [0.4, 0.5) is 0 Å². The fourth-order valence-electron chi connectivity index (χ4n) is 1.87. The van der Waals surface area contributed by atoms with Gasteiger partial charge in [-0.1, -0.05) is 30.8 Å². The summed E-state index contributed by atoms with van der Waals surface area (Å²) in [6.07, 6.45) is 3.34. The van der Waals surface area contributed by atoms with Crippen molar-refractivity contribution in [2.75, 3.05) is 0 Å². The highest BCUT2D eigenvalue weighted by Crippen LogP contribution is 2.33. The monoisotopic (exact) mass is 319 g/mol. The Balaban J connectivity index is 1.71. The van der Waals surface area contributed by atoms with Crippen molar-refractivity contribution in [2.45, 2.75) is 43.6 Å². The fourth-order valence-corrected chi connectivity index (χ4v) is 2.72. The molecule has 7 nitrogen and oxygen atoms in total. The fraction of sp³-hybridized carbons (Fsp3) is 0.429. The average Bonchev–Trinajstić information content (AvgIpc) is 3.21. The Labute approximate surface area is 132 Å². The summed E-state index contributed by atoms with van der Waals surface area (Å²) in [5.41, 5.74) is 0. The zero-order chi connectivity index (χ0) is 15.5. The summed E-state index contributed by atoms with van der Waals surface area (Å²) in [4.78, 5) is 4.42. The molecule has 3 aromatic rings. The minimum Gasteiger partial charge on any atom is -0.467 e. The zero-order valence-corrected chi connectivity index (χ0v) is 13.4. The van der Waals surface area contributed by atoms with Crippen LogP contribution in [0.5, 0.6) is 0 Å². The van der Waals surface area contributed by atoms with E-state index in [4.69, 9.17) is 8.94 Å². The average molecular weight is 319 g/mol. The van der Waals surface area contributed by atoms with Crippen molar-refractivity contribution < 1.29 is 8.94 Å². The van der Waals surface area contributed by atoms with Crippen LogP contribution in [0.15, 0.2) is 38.8 Å². The minimum atomic E-state index is -0.000416. The van der Waals surface area contributed by atoms with Crippen LogP contribution in [0.25, 0.3) is 0 Å². The Morgan fingerprint density at radius 1 is 1.32 bits per heavy atom. The van der Waals surface area contributed by atoms with Crippen molar-refractivity contribution in [3.05, 3.63) is 42.2 Å². The maximum absolute atomic E-state index is 5.35. The second kappa shape index (κ2) is 6.35. The summed E-state index contributed by atoms with van der Waals surface area (Å²) in [5.74, 6) is 2.42. The molecule has 0 unspecified atom stereocenters. The minimum absolute atomic E-state index is 0.000416. The summed E-state index contributed by atoms with van der Waals surface area (Å²) in [5, 5.41) is 12.9. The van der Waals surface area contributed by atoms with E-state index < -0.39 is 0 Å². The molecule has 22 heavy (non-hydrogen) atoms. The Morgan fingerprint density at radius 3 is 2.86 bits per heavy atom. The van der Waals surface area contributed by atoms with Crippen molar-refractivity contribution in [1.29, 1.82) is 0 Å². The molecule has 0 aromatic carbocycles. The van der Waals surface area contributed by atoms with Gasteiger partial charge in [0.25, 0.3) is 0 Å². The quantitative estimate of drug-likeness (QED) is 0.645. The SMILES string of the molecule is CC(C)c1noc([C@H](C)Sc2nncn2Cc2ccco2)n1. The molecule has 0 aliphatic carbocycles. The van der Waals surface area contributed by atoms with E-state index in [9.17, 15) is 0 Å².